The van der Waals surface area contributed by atoms with Crippen molar-refractivity contribution in [1.82, 2.24) is 10.2 Å². The molecule has 1 saturated carbocycles. The van der Waals surface area contributed by atoms with Crippen LogP contribution in [-0.4, -0.2) is 50.3 Å². The maximum atomic E-state index is 5.48. The molecule has 2 rings (SSSR count). The van der Waals surface area contributed by atoms with Gasteiger partial charge >= 0.3 is 0 Å². The van der Waals surface area contributed by atoms with Crippen LogP contribution in [0.5, 0.6) is 0 Å². The number of rotatable bonds is 7. The summed E-state index contributed by atoms with van der Waals surface area (Å²) in [4.78, 5) is 2.67. The van der Waals surface area contributed by atoms with Crippen LogP contribution < -0.4 is 5.32 Å². The van der Waals surface area contributed by atoms with E-state index in [9.17, 15) is 0 Å². The minimum atomic E-state index is 0.853. The maximum Gasteiger partial charge on any atom is 0.0593 e. The highest BCUT2D eigenvalue weighted by Crippen LogP contribution is 2.28. The zero-order valence-electron chi connectivity index (χ0n) is 10.6. The molecule has 0 unspecified atom stereocenters. The second-order valence-electron chi connectivity index (χ2n) is 5.12. The quantitative estimate of drug-likeness (QED) is 0.666. The van der Waals surface area contributed by atoms with Crippen molar-refractivity contribution in [2.24, 2.45) is 5.92 Å². The van der Waals surface area contributed by atoms with Crippen molar-refractivity contribution in [3.63, 3.8) is 0 Å². The summed E-state index contributed by atoms with van der Waals surface area (Å²) in [5.41, 5.74) is 0. The van der Waals surface area contributed by atoms with Gasteiger partial charge in [0.15, 0.2) is 0 Å². The summed E-state index contributed by atoms with van der Waals surface area (Å²) < 4.78 is 5.48. The van der Waals surface area contributed by atoms with E-state index in [-0.39, 0.29) is 0 Å². The smallest absolute Gasteiger partial charge is 0.0593 e. The van der Waals surface area contributed by atoms with E-state index in [1.165, 1.54) is 45.3 Å². The van der Waals surface area contributed by atoms with Crippen molar-refractivity contribution in [1.29, 1.82) is 0 Å². The van der Waals surface area contributed by atoms with Gasteiger partial charge in [-0.05, 0) is 51.6 Å². The molecule has 0 aromatic rings. The van der Waals surface area contributed by atoms with Gasteiger partial charge < -0.3 is 10.1 Å². The van der Waals surface area contributed by atoms with Gasteiger partial charge in [-0.15, -0.1) is 0 Å². The molecule has 0 aromatic carbocycles. The lowest BCUT2D eigenvalue weighted by atomic mass is 9.97. The second-order valence-corrected chi connectivity index (χ2v) is 5.12. The third-order valence-electron chi connectivity index (χ3n) is 3.74. The summed E-state index contributed by atoms with van der Waals surface area (Å²) in [6.07, 6.45) is 5.55. The first-order valence-electron chi connectivity index (χ1n) is 6.92. The molecule has 2 aliphatic rings. The Morgan fingerprint density at radius 1 is 1.19 bits per heavy atom. The molecule has 94 valence electrons. The standard InChI is InChI=1S/C13H26N2O/c1-2-16-10-9-15(13-3-4-13)11-12-5-7-14-8-6-12/h12-14H,2-11H2,1H3. The van der Waals surface area contributed by atoms with E-state index in [1.54, 1.807) is 0 Å². The molecule has 0 aromatic heterocycles. The zero-order chi connectivity index (χ0) is 11.2. The minimum absolute atomic E-state index is 0.853. The van der Waals surface area contributed by atoms with E-state index >= 15 is 0 Å². The monoisotopic (exact) mass is 226 g/mol. The van der Waals surface area contributed by atoms with Crippen LogP contribution in [0.15, 0.2) is 0 Å². The van der Waals surface area contributed by atoms with Crippen molar-refractivity contribution < 1.29 is 4.74 Å². The van der Waals surface area contributed by atoms with Crippen LogP contribution in [0.2, 0.25) is 0 Å². The number of nitrogens with one attached hydrogen (secondary N) is 1. The Bertz CT molecular complexity index is 188. The molecule has 1 heterocycles. The van der Waals surface area contributed by atoms with Gasteiger partial charge in [-0.3, -0.25) is 4.90 Å². The summed E-state index contributed by atoms with van der Waals surface area (Å²) in [7, 11) is 0. The highest BCUT2D eigenvalue weighted by atomic mass is 16.5. The third-order valence-corrected chi connectivity index (χ3v) is 3.74. The fourth-order valence-corrected chi connectivity index (χ4v) is 2.58. The Morgan fingerprint density at radius 2 is 1.94 bits per heavy atom. The van der Waals surface area contributed by atoms with Crippen LogP contribution in [0.25, 0.3) is 0 Å². The topological polar surface area (TPSA) is 24.5 Å². The number of piperidine rings is 1. The molecular formula is C13H26N2O. The van der Waals surface area contributed by atoms with Crippen molar-refractivity contribution in [2.75, 3.05) is 39.4 Å². The highest BCUT2D eigenvalue weighted by molar-refractivity contribution is 4.86. The number of ether oxygens (including phenoxy) is 1. The van der Waals surface area contributed by atoms with Gasteiger partial charge in [-0.25, -0.2) is 0 Å². The Morgan fingerprint density at radius 3 is 2.56 bits per heavy atom. The minimum Gasteiger partial charge on any atom is -0.380 e. The lowest BCUT2D eigenvalue weighted by Crippen LogP contribution is -2.38. The molecule has 3 nitrogen and oxygen atoms in total. The van der Waals surface area contributed by atoms with Gasteiger partial charge in [-0.1, -0.05) is 0 Å². The fourth-order valence-electron chi connectivity index (χ4n) is 2.58. The first-order chi connectivity index (χ1) is 7.90. The van der Waals surface area contributed by atoms with Crippen molar-refractivity contribution >= 4 is 0 Å². The molecule has 0 radical (unpaired) electrons. The molecule has 1 aliphatic heterocycles. The van der Waals surface area contributed by atoms with E-state index in [0.717, 1.165) is 31.7 Å². The molecule has 0 amide bonds. The first-order valence-corrected chi connectivity index (χ1v) is 6.92. The largest absolute Gasteiger partial charge is 0.380 e. The van der Waals surface area contributed by atoms with E-state index < -0.39 is 0 Å². The predicted molar refractivity (Wildman–Crippen MR) is 66.7 cm³/mol. The van der Waals surface area contributed by atoms with Crippen LogP contribution in [0, 0.1) is 5.92 Å². The van der Waals surface area contributed by atoms with Gasteiger partial charge in [0.05, 0.1) is 6.61 Å². The molecule has 3 heteroatoms. The Balaban J connectivity index is 1.68. The van der Waals surface area contributed by atoms with Crippen LogP contribution >= 0.6 is 0 Å². The fraction of sp³-hybridized carbons (Fsp3) is 1.00. The zero-order valence-corrected chi connectivity index (χ0v) is 10.6. The molecule has 0 spiro atoms. The van der Waals surface area contributed by atoms with E-state index in [0.29, 0.717) is 0 Å². The Kier molecular flexibility index (Phi) is 5.07. The van der Waals surface area contributed by atoms with Crippen LogP contribution in [0.3, 0.4) is 0 Å². The Hall–Kier alpha value is -0.120. The second kappa shape index (κ2) is 6.58. The molecule has 0 atom stereocenters. The SMILES string of the molecule is CCOCCN(CC1CCNCC1)C1CC1. The van der Waals surface area contributed by atoms with Crippen LogP contribution in [-0.2, 0) is 4.74 Å². The molecule has 1 saturated heterocycles. The van der Waals surface area contributed by atoms with Gasteiger partial charge in [0.1, 0.15) is 0 Å². The summed E-state index contributed by atoms with van der Waals surface area (Å²) in [6, 6.07) is 0.885. The number of nitrogens with zero attached hydrogens (tertiary/aromatic N) is 1. The van der Waals surface area contributed by atoms with E-state index in [2.05, 4.69) is 17.1 Å². The van der Waals surface area contributed by atoms with Gasteiger partial charge in [0, 0.05) is 25.7 Å². The van der Waals surface area contributed by atoms with E-state index in [1.807, 2.05) is 0 Å². The molecule has 0 bridgehead atoms. The molecule has 1 N–H and O–H groups in total. The summed E-state index contributed by atoms with van der Waals surface area (Å²) >= 11 is 0. The number of hydrogen-bond acceptors (Lipinski definition) is 3. The normalized spacial score (nSPS) is 22.9. The highest BCUT2D eigenvalue weighted by Gasteiger charge is 2.30. The lowest BCUT2D eigenvalue weighted by Gasteiger charge is -2.30. The summed E-state index contributed by atoms with van der Waals surface area (Å²) in [5.74, 6) is 0.920. The average molecular weight is 226 g/mol. The first kappa shape index (κ1) is 12.3. The Labute approximate surface area is 99.5 Å². The maximum absolute atomic E-state index is 5.48. The average Bonchev–Trinajstić information content (AvgIpc) is 3.13. The molecule has 16 heavy (non-hydrogen) atoms. The number of hydrogen-bond donors (Lipinski definition) is 1. The summed E-state index contributed by atoms with van der Waals surface area (Å²) in [5, 5.41) is 3.44. The summed E-state index contributed by atoms with van der Waals surface area (Å²) in [6.45, 7) is 8.73. The predicted octanol–water partition coefficient (Wildman–Crippen LogP) is 1.49. The molecule has 1 aliphatic carbocycles. The van der Waals surface area contributed by atoms with Crippen LogP contribution in [0.1, 0.15) is 32.6 Å². The molecule has 2 fully saturated rings. The van der Waals surface area contributed by atoms with Crippen molar-refractivity contribution in [2.45, 2.75) is 38.6 Å². The van der Waals surface area contributed by atoms with Gasteiger partial charge in [0.25, 0.3) is 0 Å². The van der Waals surface area contributed by atoms with E-state index in [4.69, 9.17) is 4.74 Å². The lowest BCUT2D eigenvalue weighted by molar-refractivity contribution is 0.0991. The van der Waals surface area contributed by atoms with Crippen molar-refractivity contribution in [3.05, 3.63) is 0 Å². The van der Waals surface area contributed by atoms with Gasteiger partial charge in [0.2, 0.25) is 0 Å². The van der Waals surface area contributed by atoms with Gasteiger partial charge in [-0.2, -0.15) is 0 Å². The third kappa shape index (κ3) is 4.04. The van der Waals surface area contributed by atoms with Crippen LogP contribution in [0.4, 0.5) is 0 Å². The molecular weight excluding hydrogens is 200 g/mol. The van der Waals surface area contributed by atoms with Crippen molar-refractivity contribution in [3.8, 4) is 0 Å².